The molecule has 0 saturated heterocycles. The zero-order valence-corrected chi connectivity index (χ0v) is 14.8. The lowest BCUT2D eigenvalue weighted by Gasteiger charge is -2.07. The van der Waals surface area contributed by atoms with E-state index >= 15 is 0 Å². The summed E-state index contributed by atoms with van der Waals surface area (Å²) in [6, 6.07) is 19.9. The third-order valence-electron chi connectivity index (χ3n) is 3.89. The molecule has 0 atom stereocenters. The van der Waals surface area contributed by atoms with Gasteiger partial charge in [-0.1, -0.05) is 55.8 Å². The Kier molecular flexibility index (Phi) is 5.51. The monoisotopic (exact) mass is 353 g/mol. The van der Waals surface area contributed by atoms with Gasteiger partial charge in [0.25, 0.3) is 0 Å². The van der Waals surface area contributed by atoms with E-state index in [0.29, 0.717) is 5.82 Å². The van der Waals surface area contributed by atoms with Gasteiger partial charge in [-0.3, -0.25) is 4.79 Å². The average molecular weight is 354 g/mol. The van der Waals surface area contributed by atoms with Crippen molar-refractivity contribution in [2.45, 2.75) is 19.8 Å². The van der Waals surface area contributed by atoms with Crippen LogP contribution in [0, 0.1) is 0 Å². The number of carbonyl (C=O) groups excluding carboxylic acids is 1. The molecule has 3 rings (SSSR count). The molecule has 2 aromatic carbocycles. The molecule has 0 aliphatic heterocycles. The summed E-state index contributed by atoms with van der Waals surface area (Å²) in [5, 5.41) is 7.48. The lowest BCUT2D eigenvalue weighted by molar-refractivity contribution is -0.114. The van der Waals surface area contributed by atoms with Crippen molar-refractivity contribution >= 4 is 23.3 Å². The summed E-state index contributed by atoms with van der Waals surface area (Å²) < 4.78 is 1.72. The van der Waals surface area contributed by atoms with Crippen molar-refractivity contribution in [3.8, 4) is 16.9 Å². The maximum Gasteiger partial charge on any atom is 0.240 e. The molecule has 0 radical (unpaired) electrons. The SMILES string of the molecule is CCCc1ccc(-c2cc(NC(=O)CCl)n(-c3ccccc3)n2)cc1. The van der Waals surface area contributed by atoms with Crippen LogP contribution in [0.1, 0.15) is 18.9 Å². The minimum Gasteiger partial charge on any atom is -0.310 e. The number of para-hydroxylation sites is 1. The molecule has 3 aromatic rings. The van der Waals surface area contributed by atoms with Crippen molar-refractivity contribution in [1.82, 2.24) is 9.78 Å². The number of aryl methyl sites for hydroxylation is 1. The normalized spacial score (nSPS) is 10.6. The van der Waals surface area contributed by atoms with Gasteiger partial charge in [0, 0.05) is 11.6 Å². The van der Waals surface area contributed by atoms with E-state index < -0.39 is 0 Å². The minimum atomic E-state index is -0.261. The zero-order valence-electron chi connectivity index (χ0n) is 14.1. The van der Waals surface area contributed by atoms with Crippen molar-refractivity contribution in [2.75, 3.05) is 11.2 Å². The zero-order chi connectivity index (χ0) is 17.6. The first-order chi connectivity index (χ1) is 12.2. The highest BCUT2D eigenvalue weighted by atomic mass is 35.5. The summed E-state index contributed by atoms with van der Waals surface area (Å²) in [5.41, 5.74) is 4.00. The van der Waals surface area contributed by atoms with E-state index in [0.717, 1.165) is 29.8 Å². The van der Waals surface area contributed by atoms with Crippen LogP contribution in [0.5, 0.6) is 0 Å². The number of aromatic nitrogens is 2. The molecular weight excluding hydrogens is 334 g/mol. The van der Waals surface area contributed by atoms with Crippen LogP contribution in [0.15, 0.2) is 60.7 Å². The molecule has 4 nitrogen and oxygen atoms in total. The molecule has 1 heterocycles. The van der Waals surface area contributed by atoms with Gasteiger partial charge in [0.1, 0.15) is 11.7 Å². The molecule has 0 unspecified atom stereocenters. The van der Waals surface area contributed by atoms with Crippen molar-refractivity contribution in [1.29, 1.82) is 0 Å². The standard InChI is InChI=1S/C20H20ClN3O/c1-2-6-15-9-11-16(12-10-15)18-13-19(22-20(25)14-21)24(23-18)17-7-4-3-5-8-17/h3-5,7-13H,2,6,14H2,1H3,(H,22,25). The average Bonchev–Trinajstić information content (AvgIpc) is 3.07. The van der Waals surface area contributed by atoms with Crippen LogP contribution in [0.3, 0.4) is 0 Å². The highest BCUT2D eigenvalue weighted by Crippen LogP contribution is 2.25. The number of hydrogen-bond donors (Lipinski definition) is 1. The summed E-state index contributed by atoms with van der Waals surface area (Å²) >= 11 is 5.63. The number of nitrogens with zero attached hydrogens (tertiary/aromatic N) is 2. The first kappa shape index (κ1) is 17.2. The Morgan fingerprint density at radius 1 is 1.12 bits per heavy atom. The minimum absolute atomic E-state index is 0.0962. The van der Waals surface area contributed by atoms with Crippen LogP contribution in [0.4, 0.5) is 5.82 Å². The fourth-order valence-electron chi connectivity index (χ4n) is 2.68. The summed E-state index contributed by atoms with van der Waals surface area (Å²) in [6.07, 6.45) is 2.19. The molecule has 0 saturated carbocycles. The lowest BCUT2D eigenvalue weighted by atomic mass is 10.1. The van der Waals surface area contributed by atoms with Gasteiger partial charge in [-0.2, -0.15) is 5.10 Å². The van der Waals surface area contributed by atoms with Crippen molar-refractivity contribution in [3.05, 3.63) is 66.2 Å². The smallest absolute Gasteiger partial charge is 0.240 e. The number of halogens is 1. The van der Waals surface area contributed by atoms with Crippen LogP contribution in [-0.2, 0) is 11.2 Å². The molecule has 0 fully saturated rings. The predicted molar refractivity (Wildman–Crippen MR) is 102 cm³/mol. The molecular formula is C20H20ClN3O. The van der Waals surface area contributed by atoms with Crippen molar-refractivity contribution in [2.24, 2.45) is 0 Å². The number of hydrogen-bond acceptors (Lipinski definition) is 2. The van der Waals surface area contributed by atoms with Gasteiger partial charge in [-0.15, -0.1) is 11.6 Å². The van der Waals surface area contributed by atoms with Gasteiger partial charge < -0.3 is 5.32 Å². The Labute approximate surface area is 152 Å². The second kappa shape index (κ2) is 7.99. The lowest BCUT2D eigenvalue weighted by Crippen LogP contribution is -2.15. The second-order valence-corrected chi connectivity index (χ2v) is 6.06. The molecule has 0 spiro atoms. The van der Waals surface area contributed by atoms with E-state index in [1.165, 1.54) is 5.56 Å². The molecule has 25 heavy (non-hydrogen) atoms. The summed E-state index contributed by atoms with van der Waals surface area (Å²) in [6.45, 7) is 2.17. The third kappa shape index (κ3) is 4.09. The fourth-order valence-corrected chi connectivity index (χ4v) is 2.75. The molecule has 1 aromatic heterocycles. The number of benzene rings is 2. The number of carbonyl (C=O) groups is 1. The Bertz CT molecular complexity index is 841. The Morgan fingerprint density at radius 2 is 1.84 bits per heavy atom. The number of alkyl halides is 1. The van der Waals surface area contributed by atoms with E-state index in [4.69, 9.17) is 11.6 Å². The van der Waals surface area contributed by atoms with E-state index in [1.54, 1.807) is 4.68 Å². The predicted octanol–water partition coefficient (Wildman–Crippen LogP) is 4.67. The van der Waals surface area contributed by atoms with Gasteiger partial charge in [0.2, 0.25) is 5.91 Å². The number of anilines is 1. The summed E-state index contributed by atoms with van der Waals surface area (Å²) in [4.78, 5) is 11.7. The fraction of sp³-hybridized carbons (Fsp3) is 0.200. The molecule has 5 heteroatoms. The van der Waals surface area contributed by atoms with Crippen molar-refractivity contribution in [3.63, 3.8) is 0 Å². The quantitative estimate of drug-likeness (QED) is 0.654. The van der Waals surface area contributed by atoms with E-state index in [-0.39, 0.29) is 11.8 Å². The van der Waals surface area contributed by atoms with Gasteiger partial charge in [-0.25, -0.2) is 4.68 Å². The van der Waals surface area contributed by atoms with Gasteiger partial charge in [0.05, 0.1) is 11.4 Å². The highest BCUT2D eigenvalue weighted by Gasteiger charge is 2.13. The van der Waals surface area contributed by atoms with Gasteiger partial charge >= 0.3 is 0 Å². The Hall–Kier alpha value is -2.59. The largest absolute Gasteiger partial charge is 0.310 e. The van der Waals surface area contributed by atoms with Crippen molar-refractivity contribution < 1.29 is 4.79 Å². The molecule has 1 amide bonds. The first-order valence-electron chi connectivity index (χ1n) is 8.32. The third-order valence-corrected chi connectivity index (χ3v) is 4.13. The van der Waals surface area contributed by atoms with E-state index in [9.17, 15) is 4.79 Å². The summed E-state index contributed by atoms with van der Waals surface area (Å²) in [7, 11) is 0. The van der Waals surface area contributed by atoms with E-state index in [1.807, 2.05) is 36.4 Å². The van der Waals surface area contributed by atoms with Gasteiger partial charge in [-0.05, 0) is 24.1 Å². The van der Waals surface area contributed by atoms with Crippen LogP contribution in [-0.4, -0.2) is 21.6 Å². The maximum absolute atomic E-state index is 11.7. The van der Waals surface area contributed by atoms with Crippen LogP contribution in [0.2, 0.25) is 0 Å². The molecule has 0 aliphatic carbocycles. The first-order valence-corrected chi connectivity index (χ1v) is 8.85. The molecule has 0 bridgehead atoms. The molecule has 0 aliphatic rings. The van der Waals surface area contributed by atoms with Crippen LogP contribution < -0.4 is 5.32 Å². The molecule has 1 N–H and O–H groups in total. The topological polar surface area (TPSA) is 46.9 Å². The van der Waals surface area contributed by atoms with E-state index in [2.05, 4.69) is 41.6 Å². The van der Waals surface area contributed by atoms with Crippen LogP contribution >= 0.6 is 11.6 Å². The number of amides is 1. The number of nitrogens with one attached hydrogen (secondary N) is 1. The number of rotatable bonds is 6. The second-order valence-electron chi connectivity index (χ2n) is 5.79. The maximum atomic E-state index is 11.7. The Morgan fingerprint density at radius 3 is 2.48 bits per heavy atom. The van der Waals surface area contributed by atoms with Crippen LogP contribution in [0.25, 0.3) is 16.9 Å². The summed E-state index contributed by atoms with van der Waals surface area (Å²) in [5.74, 6) is 0.245. The molecule has 128 valence electrons. The van der Waals surface area contributed by atoms with Gasteiger partial charge in [0.15, 0.2) is 0 Å². The highest BCUT2D eigenvalue weighted by molar-refractivity contribution is 6.29. The Balaban J connectivity index is 1.99.